The number of nitrogens with one attached hydrogen (secondary N) is 1. The Balaban J connectivity index is 1.61. The molecule has 4 rings (SSSR count). The number of fused-ring (bicyclic) bond motifs is 1. The Labute approximate surface area is 170 Å². The smallest absolute Gasteiger partial charge is 0.251 e. The first kappa shape index (κ1) is 19.2. The molecule has 0 bridgehead atoms. The molecule has 1 unspecified atom stereocenters. The Morgan fingerprint density at radius 3 is 2.62 bits per heavy atom. The van der Waals surface area contributed by atoms with Crippen molar-refractivity contribution in [2.45, 2.75) is 39.3 Å². The second-order valence-corrected chi connectivity index (χ2v) is 7.70. The summed E-state index contributed by atoms with van der Waals surface area (Å²) in [6, 6.07) is 15.0. The average molecular weight is 390 g/mol. The Bertz CT molecular complexity index is 1050. The summed E-state index contributed by atoms with van der Waals surface area (Å²) in [5.41, 5.74) is 3.39. The Morgan fingerprint density at radius 2 is 1.86 bits per heavy atom. The second-order valence-electron chi connectivity index (χ2n) is 7.70. The summed E-state index contributed by atoms with van der Waals surface area (Å²) in [6.07, 6.45) is 2.12. The first-order valence-electron chi connectivity index (χ1n) is 10.1. The Hall–Kier alpha value is -3.15. The molecule has 0 spiro atoms. The van der Waals surface area contributed by atoms with Gasteiger partial charge >= 0.3 is 0 Å². The van der Waals surface area contributed by atoms with Gasteiger partial charge in [-0.25, -0.2) is 4.98 Å². The lowest BCUT2D eigenvalue weighted by molar-refractivity contribution is -0.130. The molecule has 6 nitrogen and oxygen atoms in total. The molecule has 6 heteroatoms. The molecule has 2 heterocycles. The van der Waals surface area contributed by atoms with E-state index in [-0.39, 0.29) is 24.4 Å². The third kappa shape index (κ3) is 4.01. The number of hydrogen-bond acceptors (Lipinski definition) is 3. The number of imidazole rings is 1. The van der Waals surface area contributed by atoms with E-state index in [9.17, 15) is 9.59 Å². The van der Waals surface area contributed by atoms with Crippen molar-refractivity contribution in [3.8, 4) is 0 Å². The number of rotatable bonds is 5. The fourth-order valence-corrected chi connectivity index (χ4v) is 3.92. The molecule has 0 saturated carbocycles. The molecule has 2 amide bonds. The summed E-state index contributed by atoms with van der Waals surface area (Å²) in [4.78, 5) is 32.2. The van der Waals surface area contributed by atoms with E-state index in [1.165, 1.54) is 0 Å². The van der Waals surface area contributed by atoms with E-state index in [0.717, 1.165) is 42.5 Å². The van der Waals surface area contributed by atoms with Gasteiger partial charge in [-0.3, -0.25) is 9.59 Å². The maximum Gasteiger partial charge on any atom is 0.251 e. The molecule has 1 aliphatic heterocycles. The monoisotopic (exact) mass is 390 g/mol. The summed E-state index contributed by atoms with van der Waals surface area (Å²) in [5.74, 6) is 0.648. The lowest BCUT2D eigenvalue weighted by Crippen LogP contribution is -2.33. The SMILES string of the molecule is Cc1cccc(C(=O)NC(C)c2nc3ccccc3n2CC(=O)N2CCCC2)c1. The Kier molecular flexibility index (Phi) is 5.34. The van der Waals surface area contributed by atoms with Crippen LogP contribution in [0.5, 0.6) is 0 Å². The zero-order valence-corrected chi connectivity index (χ0v) is 16.9. The van der Waals surface area contributed by atoms with Crippen LogP contribution in [0.2, 0.25) is 0 Å². The maximum absolute atomic E-state index is 12.8. The van der Waals surface area contributed by atoms with Crippen LogP contribution in [0.1, 0.15) is 47.6 Å². The van der Waals surface area contributed by atoms with Gasteiger partial charge in [-0.05, 0) is 51.0 Å². The number of likely N-dealkylation sites (tertiary alicyclic amines) is 1. The van der Waals surface area contributed by atoms with Gasteiger partial charge in [0.25, 0.3) is 5.91 Å². The topological polar surface area (TPSA) is 67.2 Å². The molecule has 3 aromatic rings. The van der Waals surface area contributed by atoms with Crippen molar-refractivity contribution in [1.82, 2.24) is 19.8 Å². The van der Waals surface area contributed by atoms with E-state index >= 15 is 0 Å². The van der Waals surface area contributed by atoms with Crippen molar-refractivity contribution in [1.29, 1.82) is 0 Å². The third-order valence-corrected chi connectivity index (χ3v) is 5.45. The largest absolute Gasteiger partial charge is 0.342 e. The minimum Gasteiger partial charge on any atom is -0.342 e. The standard InChI is InChI=1S/C23H26N4O2/c1-16-8-7-9-18(14-16)23(29)24-17(2)22-25-19-10-3-4-11-20(19)27(22)15-21(28)26-12-5-6-13-26/h3-4,7-11,14,17H,5-6,12-13,15H2,1-2H3,(H,24,29). The van der Waals surface area contributed by atoms with Gasteiger partial charge in [-0.2, -0.15) is 0 Å². The number of aromatic nitrogens is 2. The molecule has 0 aliphatic carbocycles. The van der Waals surface area contributed by atoms with Gasteiger partial charge in [0, 0.05) is 18.7 Å². The minimum absolute atomic E-state index is 0.101. The van der Waals surface area contributed by atoms with Crippen LogP contribution in [0.25, 0.3) is 11.0 Å². The van der Waals surface area contributed by atoms with E-state index in [4.69, 9.17) is 4.98 Å². The second kappa shape index (κ2) is 8.07. The number of benzene rings is 2. The first-order valence-corrected chi connectivity index (χ1v) is 10.1. The van der Waals surface area contributed by atoms with Gasteiger partial charge in [0.2, 0.25) is 5.91 Å². The highest BCUT2D eigenvalue weighted by molar-refractivity contribution is 5.94. The van der Waals surface area contributed by atoms with Crippen molar-refractivity contribution in [2.24, 2.45) is 0 Å². The highest BCUT2D eigenvalue weighted by Gasteiger charge is 2.23. The summed E-state index contributed by atoms with van der Waals surface area (Å²) >= 11 is 0. The van der Waals surface area contributed by atoms with Crippen LogP contribution >= 0.6 is 0 Å². The van der Waals surface area contributed by atoms with E-state index < -0.39 is 0 Å². The fourth-order valence-electron chi connectivity index (χ4n) is 3.92. The summed E-state index contributed by atoms with van der Waals surface area (Å²) in [6.45, 7) is 5.75. The van der Waals surface area contributed by atoms with Gasteiger partial charge in [0.15, 0.2) is 0 Å². The number of carbonyl (C=O) groups is 2. The number of amides is 2. The van der Waals surface area contributed by atoms with E-state index in [1.54, 1.807) is 6.07 Å². The number of hydrogen-bond donors (Lipinski definition) is 1. The summed E-state index contributed by atoms with van der Waals surface area (Å²) in [5, 5.41) is 3.04. The van der Waals surface area contributed by atoms with E-state index in [0.29, 0.717) is 11.4 Å². The van der Waals surface area contributed by atoms with Crippen LogP contribution in [0.4, 0.5) is 0 Å². The van der Waals surface area contributed by atoms with Crippen molar-refractivity contribution in [3.63, 3.8) is 0 Å². The average Bonchev–Trinajstić information content (AvgIpc) is 3.37. The van der Waals surface area contributed by atoms with Gasteiger partial charge < -0.3 is 14.8 Å². The zero-order valence-electron chi connectivity index (χ0n) is 16.9. The van der Waals surface area contributed by atoms with Crippen molar-refractivity contribution >= 4 is 22.8 Å². The van der Waals surface area contributed by atoms with E-state index in [1.807, 2.05) is 65.8 Å². The van der Waals surface area contributed by atoms with Gasteiger partial charge in [-0.1, -0.05) is 29.8 Å². The van der Waals surface area contributed by atoms with Crippen molar-refractivity contribution in [2.75, 3.05) is 13.1 Å². The molecular formula is C23H26N4O2. The maximum atomic E-state index is 12.8. The predicted molar refractivity (Wildman–Crippen MR) is 113 cm³/mol. The first-order chi connectivity index (χ1) is 14.0. The number of aryl methyl sites for hydroxylation is 1. The normalized spacial score (nSPS) is 14.9. The molecule has 0 radical (unpaired) electrons. The quantitative estimate of drug-likeness (QED) is 0.725. The van der Waals surface area contributed by atoms with E-state index in [2.05, 4.69) is 5.32 Å². The molecule has 1 atom stereocenters. The van der Waals surface area contributed by atoms with Crippen LogP contribution < -0.4 is 5.32 Å². The molecule has 150 valence electrons. The number of nitrogens with zero attached hydrogens (tertiary/aromatic N) is 3. The highest BCUT2D eigenvalue weighted by atomic mass is 16.2. The fraction of sp³-hybridized carbons (Fsp3) is 0.348. The van der Waals surface area contributed by atoms with Gasteiger partial charge in [0.1, 0.15) is 12.4 Å². The molecule has 1 saturated heterocycles. The zero-order chi connectivity index (χ0) is 20.4. The molecule has 1 aliphatic rings. The third-order valence-electron chi connectivity index (χ3n) is 5.45. The van der Waals surface area contributed by atoms with Crippen molar-refractivity contribution < 1.29 is 9.59 Å². The summed E-state index contributed by atoms with van der Waals surface area (Å²) < 4.78 is 1.94. The van der Waals surface area contributed by atoms with Crippen LogP contribution in [0.15, 0.2) is 48.5 Å². The Morgan fingerprint density at radius 1 is 1.10 bits per heavy atom. The number of carbonyl (C=O) groups excluding carboxylic acids is 2. The molecule has 1 aromatic heterocycles. The molecular weight excluding hydrogens is 364 g/mol. The van der Waals surface area contributed by atoms with Crippen LogP contribution in [0, 0.1) is 6.92 Å². The van der Waals surface area contributed by atoms with Crippen LogP contribution in [-0.2, 0) is 11.3 Å². The lowest BCUT2D eigenvalue weighted by Gasteiger charge is -2.19. The minimum atomic E-state index is -0.332. The predicted octanol–water partition coefficient (Wildman–Crippen LogP) is 3.46. The van der Waals surface area contributed by atoms with Crippen LogP contribution in [0.3, 0.4) is 0 Å². The van der Waals surface area contributed by atoms with Gasteiger partial charge in [-0.15, -0.1) is 0 Å². The lowest BCUT2D eigenvalue weighted by atomic mass is 10.1. The van der Waals surface area contributed by atoms with Crippen molar-refractivity contribution in [3.05, 3.63) is 65.5 Å². The molecule has 1 fully saturated rings. The summed E-state index contributed by atoms with van der Waals surface area (Å²) in [7, 11) is 0. The van der Waals surface area contributed by atoms with Gasteiger partial charge in [0.05, 0.1) is 17.1 Å². The molecule has 29 heavy (non-hydrogen) atoms. The van der Waals surface area contributed by atoms with Crippen LogP contribution in [-0.4, -0.2) is 39.4 Å². The molecule has 1 N–H and O–H groups in total. The number of para-hydroxylation sites is 2. The molecule has 2 aromatic carbocycles. The highest BCUT2D eigenvalue weighted by Crippen LogP contribution is 2.22.